The molecule has 1 rings (SSSR count). The molecule has 0 saturated heterocycles. The highest BCUT2D eigenvalue weighted by molar-refractivity contribution is 9.08. The van der Waals surface area contributed by atoms with Gasteiger partial charge in [-0.3, -0.25) is 0 Å². The van der Waals surface area contributed by atoms with Crippen LogP contribution in [0.1, 0.15) is 11.1 Å². The summed E-state index contributed by atoms with van der Waals surface area (Å²) in [6.07, 6.45) is 0. The second-order valence-corrected chi connectivity index (χ2v) is 3.60. The molecule has 0 aliphatic heterocycles. The van der Waals surface area contributed by atoms with Gasteiger partial charge in [0.2, 0.25) is 0 Å². The number of hydrogen-bond acceptors (Lipinski definition) is 2. The number of para-hydroxylation sites is 1. The predicted octanol–water partition coefficient (Wildman–Crippen LogP) is 2.92. The summed E-state index contributed by atoms with van der Waals surface area (Å²) in [7, 11) is 1.67. The van der Waals surface area contributed by atoms with Crippen LogP contribution in [0, 0.1) is 6.92 Å². The lowest BCUT2D eigenvalue weighted by Crippen LogP contribution is -2.06. The Morgan fingerprint density at radius 2 is 2.07 bits per heavy atom. The van der Waals surface area contributed by atoms with Gasteiger partial charge in [0, 0.05) is 18.0 Å². The van der Waals surface area contributed by atoms with E-state index in [-0.39, 0.29) is 0 Å². The Hall–Kier alpha value is -0.540. The third-order valence-corrected chi connectivity index (χ3v) is 2.58. The summed E-state index contributed by atoms with van der Waals surface area (Å²) in [6.45, 7) is 3.27. The number of ether oxygens (including phenoxy) is 2. The normalized spacial score (nSPS) is 10.2. The minimum absolute atomic E-state index is 0.599. The molecule has 0 spiro atoms. The highest BCUT2D eigenvalue weighted by Crippen LogP contribution is 2.25. The van der Waals surface area contributed by atoms with E-state index in [1.54, 1.807) is 7.11 Å². The van der Waals surface area contributed by atoms with E-state index in [0.29, 0.717) is 13.2 Å². The molecule has 0 unspecified atom stereocenters. The first-order valence-corrected chi connectivity index (χ1v) is 5.68. The SMILES string of the molecule is COCCOc1c(C)cccc1CBr. The summed E-state index contributed by atoms with van der Waals surface area (Å²) < 4.78 is 10.6. The summed E-state index contributed by atoms with van der Waals surface area (Å²) in [4.78, 5) is 0. The fraction of sp³-hybridized carbons (Fsp3) is 0.455. The zero-order valence-corrected chi connectivity index (χ0v) is 10.1. The van der Waals surface area contributed by atoms with Crippen LogP contribution in [-0.4, -0.2) is 20.3 Å². The molecule has 1 aromatic rings. The van der Waals surface area contributed by atoms with Gasteiger partial charge in [-0.2, -0.15) is 0 Å². The van der Waals surface area contributed by atoms with Gasteiger partial charge < -0.3 is 9.47 Å². The van der Waals surface area contributed by atoms with Gasteiger partial charge in [0.05, 0.1) is 6.61 Å². The van der Waals surface area contributed by atoms with E-state index in [1.807, 2.05) is 19.1 Å². The van der Waals surface area contributed by atoms with Crippen molar-refractivity contribution in [2.75, 3.05) is 20.3 Å². The smallest absolute Gasteiger partial charge is 0.126 e. The maximum Gasteiger partial charge on any atom is 0.126 e. The van der Waals surface area contributed by atoms with Crippen LogP contribution >= 0.6 is 15.9 Å². The number of alkyl halides is 1. The average Bonchev–Trinajstić information content (AvgIpc) is 2.20. The second-order valence-electron chi connectivity index (χ2n) is 3.04. The fourth-order valence-corrected chi connectivity index (χ4v) is 1.69. The monoisotopic (exact) mass is 258 g/mol. The lowest BCUT2D eigenvalue weighted by atomic mass is 10.1. The third kappa shape index (κ3) is 3.00. The van der Waals surface area contributed by atoms with Gasteiger partial charge in [-0.05, 0) is 12.5 Å². The van der Waals surface area contributed by atoms with Crippen molar-refractivity contribution in [3.8, 4) is 5.75 Å². The molecular formula is C11H15BrO2. The van der Waals surface area contributed by atoms with Crippen LogP contribution in [0.2, 0.25) is 0 Å². The summed E-state index contributed by atoms with van der Waals surface area (Å²) in [5.74, 6) is 0.974. The molecule has 0 N–H and O–H groups in total. The van der Waals surface area contributed by atoms with Crippen molar-refractivity contribution in [3.05, 3.63) is 29.3 Å². The molecule has 0 radical (unpaired) electrons. The first-order valence-electron chi connectivity index (χ1n) is 4.55. The van der Waals surface area contributed by atoms with Crippen molar-refractivity contribution in [2.45, 2.75) is 12.3 Å². The zero-order chi connectivity index (χ0) is 10.4. The standard InChI is InChI=1S/C11H15BrO2/c1-9-4-3-5-10(8-12)11(9)14-7-6-13-2/h3-5H,6-8H2,1-2H3. The molecule has 0 fully saturated rings. The Balaban J connectivity index is 2.72. The van der Waals surface area contributed by atoms with Gasteiger partial charge in [-0.15, -0.1) is 0 Å². The Morgan fingerprint density at radius 3 is 2.71 bits per heavy atom. The Bertz CT molecular complexity index is 287. The van der Waals surface area contributed by atoms with E-state index < -0.39 is 0 Å². The summed E-state index contributed by atoms with van der Waals surface area (Å²) >= 11 is 3.44. The van der Waals surface area contributed by atoms with Gasteiger partial charge >= 0.3 is 0 Å². The topological polar surface area (TPSA) is 18.5 Å². The molecule has 0 saturated carbocycles. The van der Waals surface area contributed by atoms with Crippen LogP contribution in [0.5, 0.6) is 5.75 Å². The first kappa shape index (κ1) is 11.5. The van der Waals surface area contributed by atoms with Crippen molar-refractivity contribution in [1.29, 1.82) is 0 Å². The van der Waals surface area contributed by atoms with E-state index in [2.05, 4.69) is 22.0 Å². The molecule has 0 atom stereocenters. The highest BCUT2D eigenvalue weighted by atomic mass is 79.9. The largest absolute Gasteiger partial charge is 0.491 e. The number of rotatable bonds is 5. The van der Waals surface area contributed by atoms with Gasteiger partial charge in [-0.25, -0.2) is 0 Å². The van der Waals surface area contributed by atoms with Crippen molar-refractivity contribution >= 4 is 15.9 Å². The van der Waals surface area contributed by atoms with Crippen LogP contribution < -0.4 is 4.74 Å². The van der Waals surface area contributed by atoms with Crippen molar-refractivity contribution < 1.29 is 9.47 Å². The van der Waals surface area contributed by atoms with Crippen molar-refractivity contribution in [1.82, 2.24) is 0 Å². The molecule has 2 nitrogen and oxygen atoms in total. The van der Waals surface area contributed by atoms with Crippen LogP contribution in [-0.2, 0) is 10.1 Å². The number of benzene rings is 1. The fourth-order valence-electron chi connectivity index (χ4n) is 1.25. The third-order valence-electron chi connectivity index (χ3n) is 1.97. The Morgan fingerprint density at radius 1 is 1.29 bits per heavy atom. The lowest BCUT2D eigenvalue weighted by Gasteiger charge is -2.12. The lowest BCUT2D eigenvalue weighted by molar-refractivity contribution is 0.145. The summed E-state index contributed by atoms with van der Waals surface area (Å²) in [5, 5.41) is 0.816. The molecule has 0 aliphatic carbocycles. The average molecular weight is 259 g/mol. The summed E-state index contributed by atoms with van der Waals surface area (Å²) in [5.41, 5.74) is 2.35. The van der Waals surface area contributed by atoms with Crippen molar-refractivity contribution in [2.24, 2.45) is 0 Å². The van der Waals surface area contributed by atoms with E-state index in [9.17, 15) is 0 Å². The maximum absolute atomic E-state index is 5.64. The van der Waals surface area contributed by atoms with Crippen LogP contribution in [0.25, 0.3) is 0 Å². The molecule has 78 valence electrons. The molecule has 0 amide bonds. The minimum Gasteiger partial charge on any atom is -0.491 e. The molecule has 3 heteroatoms. The molecule has 0 aliphatic rings. The van der Waals surface area contributed by atoms with Gasteiger partial charge in [0.15, 0.2) is 0 Å². The maximum atomic E-state index is 5.64. The first-order chi connectivity index (χ1) is 6.79. The quantitative estimate of drug-likeness (QED) is 0.598. The van der Waals surface area contributed by atoms with Crippen molar-refractivity contribution in [3.63, 3.8) is 0 Å². The molecule has 14 heavy (non-hydrogen) atoms. The molecule has 0 aromatic heterocycles. The van der Waals surface area contributed by atoms with E-state index in [0.717, 1.165) is 16.6 Å². The highest BCUT2D eigenvalue weighted by Gasteiger charge is 2.04. The van der Waals surface area contributed by atoms with E-state index in [4.69, 9.17) is 9.47 Å². The van der Waals surface area contributed by atoms with E-state index >= 15 is 0 Å². The molecule has 0 heterocycles. The van der Waals surface area contributed by atoms with Crippen LogP contribution in [0.3, 0.4) is 0 Å². The number of halogens is 1. The van der Waals surface area contributed by atoms with E-state index in [1.165, 1.54) is 5.56 Å². The number of methoxy groups -OCH3 is 1. The van der Waals surface area contributed by atoms with Gasteiger partial charge in [0.1, 0.15) is 12.4 Å². The van der Waals surface area contributed by atoms with Crippen LogP contribution in [0.4, 0.5) is 0 Å². The molecule has 1 aromatic carbocycles. The van der Waals surface area contributed by atoms with Crippen LogP contribution in [0.15, 0.2) is 18.2 Å². The number of aryl methyl sites for hydroxylation is 1. The minimum atomic E-state index is 0.599. The number of hydrogen-bond donors (Lipinski definition) is 0. The Labute approximate surface area is 93.4 Å². The molecule has 0 bridgehead atoms. The van der Waals surface area contributed by atoms with Gasteiger partial charge in [0.25, 0.3) is 0 Å². The predicted molar refractivity (Wildman–Crippen MR) is 61.2 cm³/mol. The Kier molecular flexibility index (Phi) is 4.98. The molecular weight excluding hydrogens is 244 g/mol. The van der Waals surface area contributed by atoms with Gasteiger partial charge in [-0.1, -0.05) is 34.1 Å². The zero-order valence-electron chi connectivity index (χ0n) is 8.55. The second kappa shape index (κ2) is 6.04. The summed E-state index contributed by atoms with van der Waals surface area (Å²) in [6, 6.07) is 6.15.